The number of aromatic hydroxyl groups is 1. The zero-order valence-corrected chi connectivity index (χ0v) is 12.9. The molecular weight excluding hydrogens is 276 g/mol. The van der Waals surface area contributed by atoms with Gasteiger partial charge in [-0.2, -0.15) is 0 Å². The van der Waals surface area contributed by atoms with Gasteiger partial charge in [-0.1, -0.05) is 12.1 Å². The molecule has 0 radical (unpaired) electrons. The van der Waals surface area contributed by atoms with E-state index in [2.05, 4.69) is 0 Å². The molecule has 0 aromatic heterocycles. The third kappa shape index (κ3) is 2.35. The minimum absolute atomic E-state index is 0.275. The number of aryl methyl sites for hydroxylation is 1. The number of rotatable bonds is 3. The van der Waals surface area contributed by atoms with Crippen LogP contribution in [0, 0.1) is 6.92 Å². The minimum atomic E-state index is 0.275. The van der Waals surface area contributed by atoms with E-state index in [1.54, 1.807) is 14.2 Å². The van der Waals surface area contributed by atoms with Crippen molar-refractivity contribution in [1.29, 1.82) is 0 Å². The topological polar surface area (TPSA) is 38.7 Å². The SMILES string of the molecule is COc1cccc(-c2cc(C)c3cc(OC)ccc3c2O)c1. The molecule has 0 bridgehead atoms. The van der Waals surface area contributed by atoms with Crippen LogP contribution in [0.1, 0.15) is 5.56 Å². The van der Waals surface area contributed by atoms with Crippen LogP contribution in [-0.2, 0) is 0 Å². The van der Waals surface area contributed by atoms with Crippen molar-refractivity contribution in [2.24, 2.45) is 0 Å². The van der Waals surface area contributed by atoms with E-state index < -0.39 is 0 Å². The van der Waals surface area contributed by atoms with Gasteiger partial charge in [0, 0.05) is 10.9 Å². The fraction of sp³-hybridized carbons (Fsp3) is 0.158. The van der Waals surface area contributed by atoms with E-state index in [-0.39, 0.29) is 5.75 Å². The van der Waals surface area contributed by atoms with Crippen LogP contribution in [0.4, 0.5) is 0 Å². The van der Waals surface area contributed by atoms with Crippen LogP contribution in [0.2, 0.25) is 0 Å². The zero-order valence-electron chi connectivity index (χ0n) is 12.9. The summed E-state index contributed by atoms with van der Waals surface area (Å²) in [7, 11) is 3.28. The third-order valence-electron chi connectivity index (χ3n) is 3.90. The summed E-state index contributed by atoms with van der Waals surface area (Å²) in [6.45, 7) is 2.03. The Bertz CT molecular complexity index is 837. The number of phenols is 1. The van der Waals surface area contributed by atoms with E-state index in [9.17, 15) is 5.11 Å². The molecule has 22 heavy (non-hydrogen) atoms. The third-order valence-corrected chi connectivity index (χ3v) is 3.90. The summed E-state index contributed by atoms with van der Waals surface area (Å²) in [5.74, 6) is 1.82. The van der Waals surface area contributed by atoms with Gasteiger partial charge < -0.3 is 14.6 Å². The van der Waals surface area contributed by atoms with Crippen molar-refractivity contribution in [2.45, 2.75) is 6.92 Å². The number of methoxy groups -OCH3 is 2. The van der Waals surface area contributed by atoms with E-state index in [0.717, 1.165) is 39.0 Å². The Morgan fingerprint density at radius 2 is 1.55 bits per heavy atom. The summed E-state index contributed by atoms with van der Waals surface area (Å²) in [5, 5.41) is 12.5. The van der Waals surface area contributed by atoms with Gasteiger partial charge in [-0.15, -0.1) is 0 Å². The molecule has 3 rings (SSSR count). The lowest BCUT2D eigenvalue weighted by molar-refractivity contribution is 0.415. The van der Waals surface area contributed by atoms with Crippen molar-refractivity contribution in [2.75, 3.05) is 14.2 Å². The molecular formula is C19H18O3. The Labute approximate surface area is 129 Å². The number of phenolic OH excluding ortho intramolecular Hbond substituents is 1. The van der Waals surface area contributed by atoms with Crippen molar-refractivity contribution >= 4 is 10.8 Å². The molecule has 0 aliphatic heterocycles. The largest absolute Gasteiger partial charge is 0.507 e. The second kappa shape index (κ2) is 5.60. The standard InChI is InChI=1S/C19H18O3/c1-12-9-18(13-5-4-6-14(10-13)21-2)19(20)16-8-7-15(22-3)11-17(12)16/h4-11,20H,1-3H3. The van der Waals surface area contributed by atoms with E-state index in [0.29, 0.717) is 0 Å². The molecule has 0 fully saturated rings. The predicted octanol–water partition coefficient (Wildman–Crippen LogP) is 4.54. The van der Waals surface area contributed by atoms with Crippen molar-refractivity contribution in [3.63, 3.8) is 0 Å². The van der Waals surface area contributed by atoms with Crippen LogP contribution in [-0.4, -0.2) is 19.3 Å². The first-order valence-electron chi connectivity index (χ1n) is 7.09. The summed E-state index contributed by atoms with van der Waals surface area (Å²) < 4.78 is 10.5. The van der Waals surface area contributed by atoms with Gasteiger partial charge in [0.2, 0.25) is 0 Å². The predicted molar refractivity (Wildman–Crippen MR) is 88.9 cm³/mol. The lowest BCUT2D eigenvalue weighted by Crippen LogP contribution is -1.89. The van der Waals surface area contributed by atoms with Crippen LogP contribution < -0.4 is 9.47 Å². The highest BCUT2D eigenvalue weighted by Gasteiger charge is 2.12. The molecule has 0 aliphatic rings. The summed E-state index contributed by atoms with van der Waals surface area (Å²) in [5.41, 5.74) is 2.82. The Balaban J connectivity index is 2.25. The molecule has 0 heterocycles. The fourth-order valence-electron chi connectivity index (χ4n) is 2.70. The van der Waals surface area contributed by atoms with E-state index in [1.165, 1.54) is 0 Å². The zero-order chi connectivity index (χ0) is 15.7. The van der Waals surface area contributed by atoms with Crippen LogP contribution in [0.25, 0.3) is 21.9 Å². The average Bonchev–Trinajstić information content (AvgIpc) is 2.57. The number of ether oxygens (including phenoxy) is 2. The summed E-state index contributed by atoms with van der Waals surface area (Å²) >= 11 is 0. The molecule has 0 atom stereocenters. The van der Waals surface area contributed by atoms with Gasteiger partial charge in [0.05, 0.1) is 14.2 Å². The highest BCUT2D eigenvalue weighted by atomic mass is 16.5. The number of benzene rings is 3. The van der Waals surface area contributed by atoms with Gasteiger partial charge in [-0.3, -0.25) is 0 Å². The molecule has 3 aromatic carbocycles. The number of hydrogen-bond donors (Lipinski definition) is 1. The first kappa shape index (κ1) is 14.3. The molecule has 112 valence electrons. The number of hydrogen-bond acceptors (Lipinski definition) is 3. The molecule has 0 saturated heterocycles. The van der Waals surface area contributed by atoms with Crippen molar-refractivity contribution < 1.29 is 14.6 Å². The van der Waals surface area contributed by atoms with Gasteiger partial charge in [-0.25, -0.2) is 0 Å². The molecule has 3 aromatic rings. The Morgan fingerprint density at radius 1 is 0.818 bits per heavy atom. The van der Waals surface area contributed by atoms with Gasteiger partial charge in [0.15, 0.2) is 0 Å². The van der Waals surface area contributed by atoms with E-state index in [1.807, 2.05) is 55.5 Å². The maximum absolute atomic E-state index is 10.7. The fourth-order valence-corrected chi connectivity index (χ4v) is 2.70. The van der Waals surface area contributed by atoms with Crippen LogP contribution in [0.3, 0.4) is 0 Å². The smallest absolute Gasteiger partial charge is 0.131 e. The molecule has 1 N–H and O–H groups in total. The highest BCUT2D eigenvalue weighted by Crippen LogP contribution is 2.39. The molecule has 3 nitrogen and oxygen atoms in total. The van der Waals surface area contributed by atoms with Gasteiger partial charge in [0.25, 0.3) is 0 Å². The first-order chi connectivity index (χ1) is 10.6. The minimum Gasteiger partial charge on any atom is -0.507 e. The van der Waals surface area contributed by atoms with Crippen molar-refractivity contribution in [3.05, 3.63) is 54.1 Å². The van der Waals surface area contributed by atoms with E-state index in [4.69, 9.17) is 9.47 Å². The van der Waals surface area contributed by atoms with Crippen LogP contribution in [0.5, 0.6) is 17.2 Å². The highest BCUT2D eigenvalue weighted by molar-refractivity contribution is 5.97. The van der Waals surface area contributed by atoms with Crippen molar-refractivity contribution in [3.8, 4) is 28.4 Å². The Hall–Kier alpha value is -2.68. The van der Waals surface area contributed by atoms with Gasteiger partial charge >= 0.3 is 0 Å². The molecule has 0 spiro atoms. The molecule has 0 unspecified atom stereocenters. The van der Waals surface area contributed by atoms with Crippen molar-refractivity contribution in [1.82, 2.24) is 0 Å². The molecule has 0 amide bonds. The lowest BCUT2D eigenvalue weighted by Gasteiger charge is -2.13. The summed E-state index contributed by atoms with van der Waals surface area (Å²) in [4.78, 5) is 0. The maximum atomic E-state index is 10.7. The van der Waals surface area contributed by atoms with Gasteiger partial charge in [0.1, 0.15) is 17.2 Å². The first-order valence-corrected chi connectivity index (χ1v) is 7.09. The lowest BCUT2D eigenvalue weighted by atomic mass is 9.96. The summed E-state index contributed by atoms with van der Waals surface area (Å²) in [6.07, 6.45) is 0. The molecule has 0 saturated carbocycles. The van der Waals surface area contributed by atoms with Gasteiger partial charge in [-0.05, 0) is 59.8 Å². The monoisotopic (exact) mass is 294 g/mol. The molecule has 3 heteroatoms. The maximum Gasteiger partial charge on any atom is 0.131 e. The Morgan fingerprint density at radius 3 is 2.27 bits per heavy atom. The second-order valence-corrected chi connectivity index (χ2v) is 5.23. The second-order valence-electron chi connectivity index (χ2n) is 5.23. The average molecular weight is 294 g/mol. The normalized spacial score (nSPS) is 10.7. The quantitative estimate of drug-likeness (QED) is 0.771. The summed E-state index contributed by atoms with van der Waals surface area (Å²) in [6, 6.07) is 15.4. The number of fused-ring (bicyclic) bond motifs is 1. The Kier molecular flexibility index (Phi) is 3.63. The van der Waals surface area contributed by atoms with Crippen LogP contribution >= 0.6 is 0 Å². The molecule has 0 aliphatic carbocycles. The van der Waals surface area contributed by atoms with Crippen LogP contribution in [0.15, 0.2) is 48.5 Å². The van der Waals surface area contributed by atoms with E-state index >= 15 is 0 Å².